The third-order valence-electron chi connectivity index (χ3n) is 1.70. The lowest BCUT2D eigenvalue weighted by atomic mass is 10.2. The van der Waals surface area contributed by atoms with Gasteiger partial charge in [-0.05, 0) is 6.54 Å². The van der Waals surface area contributed by atoms with Crippen LogP contribution in [-0.4, -0.2) is 37.8 Å². The Balaban J connectivity index is 3.62. The summed E-state index contributed by atoms with van der Waals surface area (Å²) in [5.41, 5.74) is 0. The lowest BCUT2D eigenvalue weighted by Crippen LogP contribution is -2.31. The number of rotatable bonds is 7. The number of ether oxygens (including phenoxy) is 1. The van der Waals surface area contributed by atoms with Crippen LogP contribution < -0.4 is 5.32 Å². The standard InChI is InChI=1S/C9H16F3NO2/c1-3-13-5-4-8(14)15-6-7(10)9(2,11)12/h7,13H,3-6H2,1-2H3. The molecule has 0 fully saturated rings. The lowest BCUT2D eigenvalue weighted by molar-refractivity contribution is -0.150. The van der Waals surface area contributed by atoms with Gasteiger partial charge in [-0.15, -0.1) is 0 Å². The maximum atomic E-state index is 12.6. The first-order valence-electron chi connectivity index (χ1n) is 4.76. The van der Waals surface area contributed by atoms with Gasteiger partial charge in [0.15, 0.2) is 6.17 Å². The van der Waals surface area contributed by atoms with Crippen LogP contribution in [0.5, 0.6) is 0 Å². The van der Waals surface area contributed by atoms with Crippen molar-refractivity contribution in [3.05, 3.63) is 0 Å². The zero-order valence-corrected chi connectivity index (χ0v) is 8.86. The summed E-state index contributed by atoms with van der Waals surface area (Å²) < 4.78 is 41.5. The summed E-state index contributed by atoms with van der Waals surface area (Å²) in [6.07, 6.45) is -2.39. The highest BCUT2D eigenvalue weighted by Gasteiger charge is 2.35. The summed E-state index contributed by atoms with van der Waals surface area (Å²) >= 11 is 0. The van der Waals surface area contributed by atoms with E-state index in [2.05, 4.69) is 10.1 Å². The van der Waals surface area contributed by atoms with Crippen molar-refractivity contribution in [1.82, 2.24) is 5.32 Å². The number of hydrogen-bond acceptors (Lipinski definition) is 3. The van der Waals surface area contributed by atoms with E-state index < -0.39 is 24.7 Å². The van der Waals surface area contributed by atoms with Crippen LogP contribution in [0.4, 0.5) is 13.2 Å². The van der Waals surface area contributed by atoms with E-state index in [-0.39, 0.29) is 6.42 Å². The Morgan fingerprint density at radius 1 is 1.53 bits per heavy atom. The van der Waals surface area contributed by atoms with E-state index in [0.717, 1.165) is 0 Å². The molecule has 90 valence electrons. The van der Waals surface area contributed by atoms with E-state index >= 15 is 0 Å². The van der Waals surface area contributed by atoms with Crippen molar-refractivity contribution in [2.75, 3.05) is 19.7 Å². The zero-order chi connectivity index (χ0) is 11.9. The molecular formula is C9H16F3NO2. The molecule has 0 bridgehead atoms. The molecule has 0 saturated heterocycles. The summed E-state index contributed by atoms with van der Waals surface area (Å²) in [6, 6.07) is 0. The van der Waals surface area contributed by atoms with Crippen LogP contribution in [0.15, 0.2) is 0 Å². The van der Waals surface area contributed by atoms with Crippen molar-refractivity contribution in [3.63, 3.8) is 0 Å². The molecule has 0 aliphatic rings. The van der Waals surface area contributed by atoms with Gasteiger partial charge in [-0.25, -0.2) is 13.2 Å². The minimum Gasteiger partial charge on any atom is -0.462 e. The van der Waals surface area contributed by atoms with E-state index in [4.69, 9.17) is 0 Å². The number of hydrogen-bond donors (Lipinski definition) is 1. The van der Waals surface area contributed by atoms with Crippen molar-refractivity contribution in [2.45, 2.75) is 32.4 Å². The summed E-state index contributed by atoms with van der Waals surface area (Å²) in [6.45, 7) is 2.51. The number of carbonyl (C=O) groups excluding carboxylic acids is 1. The quantitative estimate of drug-likeness (QED) is 0.529. The van der Waals surface area contributed by atoms with Gasteiger partial charge in [0.05, 0.1) is 6.42 Å². The second-order valence-corrected chi connectivity index (χ2v) is 3.21. The van der Waals surface area contributed by atoms with Crippen molar-refractivity contribution in [2.24, 2.45) is 0 Å². The molecule has 6 heteroatoms. The SMILES string of the molecule is CCNCCC(=O)OCC(F)C(C)(F)F. The molecule has 0 radical (unpaired) electrons. The van der Waals surface area contributed by atoms with Crippen LogP contribution in [0.3, 0.4) is 0 Å². The van der Waals surface area contributed by atoms with Crippen LogP contribution in [-0.2, 0) is 9.53 Å². The predicted octanol–water partition coefficient (Wildman–Crippen LogP) is 1.52. The Morgan fingerprint density at radius 3 is 2.60 bits per heavy atom. The minimum atomic E-state index is -3.47. The molecule has 0 heterocycles. The first-order valence-corrected chi connectivity index (χ1v) is 4.76. The topological polar surface area (TPSA) is 38.3 Å². The van der Waals surface area contributed by atoms with E-state index in [9.17, 15) is 18.0 Å². The molecule has 0 amide bonds. The largest absolute Gasteiger partial charge is 0.462 e. The normalized spacial score (nSPS) is 13.7. The van der Waals surface area contributed by atoms with Gasteiger partial charge in [-0.1, -0.05) is 6.92 Å². The van der Waals surface area contributed by atoms with Gasteiger partial charge >= 0.3 is 5.97 Å². The average Bonchev–Trinajstić information content (AvgIpc) is 2.13. The second-order valence-electron chi connectivity index (χ2n) is 3.21. The Labute approximate surface area is 87.0 Å². The van der Waals surface area contributed by atoms with Crippen molar-refractivity contribution < 1.29 is 22.7 Å². The average molecular weight is 227 g/mol. The maximum Gasteiger partial charge on any atom is 0.307 e. The van der Waals surface area contributed by atoms with E-state index in [0.29, 0.717) is 20.0 Å². The fourth-order valence-electron chi connectivity index (χ4n) is 0.752. The van der Waals surface area contributed by atoms with Gasteiger partial charge in [0, 0.05) is 13.5 Å². The molecule has 1 unspecified atom stereocenters. The van der Waals surface area contributed by atoms with Crippen LogP contribution >= 0.6 is 0 Å². The zero-order valence-electron chi connectivity index (χ0n) is 8.86. The van der Waals surface area contributed by atoms with Crippen LogP contribution in [0.1, 0.15) is 20.3 Å². The molecule has 0 aliphatic carbocycles. The van der Waals surface area contributed by atoms with E-state index in [1.165, 1.54) is 0 Å². The van der Waals surface area contributed by atoms with Gasteiger partial charge in [-0.2, -0.15) is 0 Å². The summed E-state index contributed by atoms with van der Waals surface area (Å²) in [5.74, 6) is -4.15. The van der Waals surface area contributed by atoms with E-state index in [1.54, 1.807) is 0 Å². The van der Waals surface area contributed by atoms with Crippen LogP contribution in [0.25, 0.3) is 0 Å². The van der Waals surface area contributed by atoms with Crippen LogP contribution in [0, 0.1) is 0 Å². The molecule has 0 spiro atoms. The molecule has 0 aliphatic heterocycles. The fraction of sp³-hybridized carbons (Fsp3) is 0.889. The molecule has 1 N–H and O–H groups in total. The van der Waals surface area contributed by atoms with Crippen molar-refractivity contribution >= 4 is 5.97 Å². The highest BCUT2D eigenvalue weighted by Crippen LogP contribution is 2.20. The van der Waals surface area contributed by atoms with E-state index in [1.807, 2.05) is 6.92 Å². The Bertz CT molecular complexity index is 194. The Hall–Kier alpha value is -0.780. The lowest BCUT2D eigenvalue weighted by Gasteiger charge is -2.15. The number of alkyl halides is 3. The van der Waals surface area contributed by atoms with Gasteiger partial charge in [0.2, 0.25) is 0 Å². The number of nitrogens with one attached hydrogen (secondary N) is 1. The molecule has 0 saturated carbocycles. The third kappa shape index (κ3) is 7.18. The monoisotopic (exact) mass is 227 g/mol. The summed E-state index contributed by atoms with van der Waals surface area (Å²) in [7, 11) is 0. The molecule has 1 atom stereocenters. The van der Waals surface area contributed by atoms with Crippen molar-refractivity contribution in [1.29, 1.82) is 0 Å². The molecule has 0 aromatic rings. The highest BCUT2D eigenvalue weighted by atomic mass is 19.3. The second kappa shape index (κ2) is 6.66. The summed E-state index contributed by atoms with van der Waals surface area (Å²) in [5, 5.41) is 2.85. The molecule has 3 nitrogen and oxygen atoms in total. The molecule has 0 aromatic heterocycles. The van der Waals surface area contributed by atoms with Gasteiger partial charge in [-0.3, -0.25) is 4.79 Å². The first-order chi connectivity index (χ1) is 6.88. The highest BCUT2D eigenvalue weighted by molar-refractivity contribution is 5.69. The predicted molar refractivity (Wildman–Crippen MR) is 49.6 cm³/mol. The first kappa shape index (κ1) is 14.2. The van der Waals surface area contributed by atoms with Gasteiger partial charge in [0.1, 0.15) is 6.61 Å². The smallest absolute Gasteiger partial charge is 0.307 e. The molecular weight excluding hydrogens is 211 g/mol. The summed E-state index contributed by atoms with van der Waals surface area (Å²) in [4.78, 5) is 10.9. The minimum absolute atomic E-state index is 0.0514. The molecule has 0 rings (SSSR count). The van der Waals surface area contributed by atoms with Gasteiger partial charge in [0.25, 0.3) is 5.92 Å². The maximum absolute atomic E-state index is 12.6. The fourth-order valence-corrected chi connectivity index (χ4v) is 0.752. The van der Waals surface area contributed by atoms with Crippen LogP contribution in [0.2, 0.25) is 0 Å². The number of carbonyl (C=O) groups is 1. The Morgan fingerprint density at radius 2 is 2.13 bits per heavy atom. The number of halogens is 3. The third-order valence-corrected chi connectivity index (χ3v) is 1.70. The number of esters is 1. The van der Waals surface area contributed by atoms with Crippen molar-refractivity contribution in [3.8, 4) is 0 Å². The molecule has 15 heavy (non-hydrogen) atoms. The molecule has 0 aromatic carbocycles. The Kier molecular flexibility index (Phi) is 6.31. The van der Waals surface area contributed by atoms with Gasteiger partial charge < -0.3 is 10.1 Å².